The van der Waals surface area contributed by atoms with Crippen molar-refractivity contribution in [3.63, 3.8) is 0 Å². The Bertz CT molecular complexity index is 1040. The summed E-state index contributed by atoms with van der Waals surface area (Å²) in [5, 5.41) is 3.08. The van der Waals surface area contributed by atoms with E-state index in [0.717, 1.165) is 21.7 Å². The van der Waals surface area contributed by atoms with Gasteiger partial charge >= 0.3 is 0 Å². The van der Waals surface area contributed by atoms with Crippen molar-refractivity contribution in [2.24, 2.45) is 0 Å². The van der Waals surface area contributed by atoms with Gasteiger partial charge in [0.2, 0.25) is 15.9 Å². The van der Waals surface area contributed by atoms with Gasteiger partial charge in [-0.05, 0) is 43.5 Å². The minimum Gasteiger partial charge on any atom is -0.495 e. The predicted molar refractivity (Wildman–Crippen MR) is 121 cm³/mol. The minimum atomic E-state index is -3.74. The van der Waals surface area contributed by atoms with Gasteiger partial charge in [-0.15, -0.1) is 0 Å². The third-order valence-electron chi connectivity index (χ3n) is 4.81. The molecule has 0 heterocycles. The highest BCUT2D eigenvalue weighted by atomic mass is 35.5. The highest BCUT2D eigenvalue weighted by Crippen LogP contribution is 2.36. The number of nitrogens with one attached hydrogen (secondary N) is 1. The van der Waals surface area contributed by atoms with Crippen LogP contribution in [-0.2, 0) is 14.8 Å². The number of benzene rings is 2. The molecule has 0 saturated heterocycles. The fourth-order valence-corrected chi connectivity index (χ4v) is 4.53. The third-order valence-corrected chi connectivity index (χ3v) is 6.28. The molecule has 0 fully saturated rings. The number of rotatable bonds is 8. The number of nitrogens with zero attached hydrogens (tertiary/aromatic N) is 1. The molecular weight excluding hydrogens is 428 g/mol. The molecule has 0 spiro atoms. The molecule has 1 atom stereocenters. The number of halogens is 1. The zero-order chi connectivity index (χ0) is 22.6. The number of hydrogen-bond donors (Lipinski definition) is 1. The number of methoxy groups -OCH3 is 2. The van der Waals surface area contributed by atoms with E-state index < -0.39 is 22.0 Å². The van der Waals surface area contributed by atoms with Gasteiger partial charge < -0.3 is 14.8 Å². The van der Waals surface area contributed by atoms with Crippen LogP contribution in [0.5, 0.6) is 11.5 Å². The van der Waals surface area contributed by atoms with Crippen molar-refractivity contribution in [1.82, 2.24) is 0 Å². The van der Waals surface area contributed by atoms with Crippen molar-refractivity contribution in [1.29, 1.82) is 0 Å². The van der Waals surface area contributed by atoms with Gasteiger partial charge in [-0.1, -0.05) is 24.6 Å². The Morgan fingerprint density at radius 3 is 2.23 bits per heavy atom. The van der Waals surface area contributed by atoms with Gasteiger partial charge in [0, 0.05) is 12.1 Å². The highest BCUT2D eigenvalue weighted by Gasteiger charge is 2.32. The van der Waals surface area contributed by atoms with Crippen LogP contribution in [-0.4, -0.2) is 40.8 Å². The van der Waals surface area contributed by atoms with E-state index >= 15 is 0 Å². The number of anilines is 2. The lowest BCUT2D eigenvalue weighted by molar-refractivity contribution is -0.117. The van der Waals surface area contributed by atoms with E-state index in [1.54, 1.807) is 19.1 Å². The van der Waals surface area contributed by atoms with E-state index in [1.165, 1.54) is 26.4 Å². The molecule has 0 aliphatic carbocycles. The first-order valence-electron chi connectivity index (χ1n) is 9.32. The van der Waals surface area contributed by atoms with Crippen LogP contribution in [0.15, 0.2) is 30.3 Å². The van der Waals surface area contributed by atoms with Gasteiger partial charge in [-0.2, -0.15) is 0 Å². The molecule has 2 aromatic carbocycles. The largest absolute Gasteiger partial charge is 0.495 e. The lowest BCUT2D eigenvalue weighted by atomic mass is 10.1. The second-order valence-corrected chi connectivity index (χ2v) is 9.19. The maximum atomic E-state index is 13.2. The Labute approximate surface area is 183 Å². The summed E-state index contributed by atoms with van der Waals surface area (Å²) in [7, 11) is -0.831. The average Bonchev–Trinajstić information content (AvgIpc) is 2.68. The number of ether oxygens (including phenoxy) is 2. The summed E-state index contributed by atoms with van der Waals surface area (Å²) in [5.41, 5.74) is 2.72. The van der Waals surface area contributed by atoms with Crippen molar-refractivity contribution >= 4 is 38.9 Å². The molecule has 9 heteroatoms. The first-order valence-corrected chi connectivity index (χ1v) is 11.5. The fraction of sp³-hybridized carbons (Fsp3) is 0.381. The lowest BCUT2D eigenvalue weighted by Crippen LogP contribution is -2.47. The van der Waals surface area contributed by atoms with E-state index in [1.807, 2.05) is 19.9 Å². The van der Waals surface area contributed by atoms with Crippen LogP contribution < -0.4 is 19.1 Å². The van der Waals surface area contributed by atoms with Gasteiger partial charge in [0.25, 0.3) is 0 Å². The van der Waals surface area contributed by atoms with Crippen molar-refractivity contribution < 1.29 is 22.7 Å². The summed E-state index contributed by atoms with van der Waals surface area (Å²) in [6.45, 7) is 5.59. The third kappa shape index (κ3) is 5.17. The highest BCUT2D eigenvalue weighted by molar-refractivity contribution is 7.92. The molecule has 1 N–H and O–H groups in total. The molecule has 0 aliphatic heterocycles. The molecule has 2 rings (SSSR count). The van der Waals surface area contributed by atoms with Gasteiger partial charge in [0.1, 0.15) is 17.5 Å². The smallest absolute Gasteiger partial charge is 0.248 e. The lowest BCUT2D eigenvalue weighted by Gasteiger charge is -2.30. The molecule has 7 nitrogen and oxygen atoms in total. The van der Waals surface area contributed by atoms with E-state index in [9.17, 15) is 13.2 Å². The molecule has 0 aliphatic rings. The van der Waals surface area contributed by atoms with Crippen molar-refractivity contribution in [2.75, 3.05) is 30.1 Å². The van der Waals surface area contributed by atoms with Crippen LogP contribution in [0.3, 0.4) is 0 Å². The second-order valence-electron chi connectivity index (χ2n) is 6.93. The molecule has 1 amide bonds. The number of sulfonamides is 1. The summed E-state index contributed by atoms with van der Waals surface area (Å²) in [6.07, 6.45) is 1.35. The molecule has 0 unspecified atom stereocenters. The molecular formula is C21H27ClN2O5S. The number of hydrogen-bond acceptors (Lipinski definition) is 5. The number of aryl methyl sites for hydroxylation is 2. The SMILES string of the molecule is CC[C@@H](C(=O)Nc1cc(OC)c(Cl)cc1OC)N(c1ccc(C)c(C)c1)S(C)(=O)=O. The van der Waals surface area contributed by atoms with Gasteiger partial charge in [0.15, 0.2) is 0 Å². The predicted octanol–water partition coefficient (Wildman–Crippen LogP) is 4.16. The van der Waals surface area contributed by atoms with Gasteiger partial charge in [0.05, 0.1) is 36.9 Å². The van der Waals surface area contributed by atoms with Crippen LogP contribution in [0.4, 0.5) is 11.4 Å². The van der Waals surface area contributed by atoms with Crippen LogP contribution in [0.2, 0.25) is 5.02 Å². The van der Waals surface area contributed by atoms with Crippen LogP contribution in [0.1, 0.15) is 24.5 Å². The Morgan fingerprint density at radius 2 is 1.73 bits per heavy atom. The summed E-state index contributed by atoms with van der Waals surface area (Å²) < 4.78 is 36.9. The molecule has 30 heavy (non-hydrogen) atoms. The summed E-state index contributed by atoms with van der Waals surface area (Å²) >= 11 is 6.12. The van der Waals surface area contributed by atoms with Crippen LogP contribution >= 0.6 is 11.6 Å². The number of amides is 1. The fourth-order valence-electron chi connectivity index (χ4n) is 3.10. The Morgan fingerprint density at radius 1 is 1.10 bits per heavy atom. The molecule has 0 bridgehead atoms. The Kier molecular flexibility index (Phi) is 7.60. The topological polar surface area (TPSA) is 84.9 Å². The molecule has 0 saturated carbocycles. The minimum absolute atomic E-state index is 0.263. The van der Waals surface area contributed by atoms with Crippen molar-refractivity contribution in [3.05, 3.63) is 46.5 Å². The maximum absolute atomic E-state index is 13.2. The van der Waals surface area contributed by atoms with E-state index in [4.69, 9.17) is 21.1 Å². The number of carbonyl (C=O) groups is 1. The zero-order valence-corrected chi connectivity index (χ0v) is 19.5. The monoisotopic (exact) mass is 454 g/mol. The van der Waals surface area contributed by atoms with E-state index in [-0.39, 0.29) is 6.42 Å². The summed E-state index contributed by atoms with van der Waals surface area (Å²) in [5.74, 6) is 0.194. The van der Waals surface area contributed by atoms with E-state index in [0.29, 0.717) is 27.9 Å². The maximum Gasteiger partial charge on any atom is 0.248 e. The quantitative estimate of drug-likeness (QED) is 0.647. The average molecular weight is 455 g/mol. The van der Waals surface area contributed by atoms with Crippen LogP contribution in [0.25, 0.3) is 0 Å². The second kappa shape index (κ2) is 9.57. The van der Waals surface area contributed by atoms with E-state index in [2.05, 4.69) is 5.32 Å². The van der Waals surface area contributed by atoms with Crippen molar-refractivity contribution in [3.8, 4) is 11.5 Å². The van der Waals surface area contributed by atoms with Gasteiger partial charge in [-0.25, -0.2) is 8.42 Å². The normalized spacial score (nSPS) is 12.2. The standard InChI is InChI=1S/C21H27ClN2O5S/c1-7-18(24(30(6,26)27)15-9-8-13(2)14(3)10-15)21(25)23-17-12-19(28-4)16(22)11-20(17)29-5/h8-12,18H,7H2,1-6H3,(H,23,25)/t18-/m0/s1. The van der Waals surface area contributed by atoms with Gasteiger partial charge in [-0.3, -0.25) is 9.10 Å². The first kappa shape index (κ1) is 23.8. The summed E-state index contributed by atoms with van der Waals surface area (Å²) in [6, 6.07) is 7.39. The molecule has 164 valence electrons. The van der Waals surface area contributed by atoms with Crippen LogP contribution in [0, 0.1) is 13.8 Å². The first-order chi connectivity index (χ1) is 14.0. The Hall–Kier alpha value is -2.45. The molecule has 2 aromatic rings. The zero-order valence-electron chi connectivity index (χ0n) is 17.9. The Balaban J connectivity index is 2.48. The molecule has 0 aromatic heterocycles. The number of carbonyl (C=O) groups excluding carboxylic acids is 1. The molecule has 0 radical (unpaired) electrons. The summed E-state index contributed by atoms with van der Waals surface area (Å²) in [4.78, 5) is 13.2. The van der Waals surface area contributed by atoms with Crippen molar-refractivity contribution in [2.45, 2.75) is 33.2 Å².